The molecule has 0 saturated carbocycles. The van der Waals surface area contributed by atoms with Gasteiger partial charge in [0.05, 0.1) is 23.5 Å². The molecule has 1 N–H and O–H groups in total. The Labute approximate surface area is 224 Å². The quantitative estimate of drug-likeness (QED) is 0.128. The number of hydrogen-bond acceptors (Lipinski definition) is 5. The fraction of sp³-hybridized carbons (Fsp3) is 0.172. The molecule has 0 fully saturated rings. The van der Waals surface area contributed by atoms with Gasteiger partial charge in [0.1, 0.15) is 12.4 Å². The van der Waals surface area contributed by atoms with Crippen molar-refractivity contribution in [1.29, 1.82) is 0 Å². The SMILES string of the molecule is CCCOc1ccc(C(=O)N/N=C\c2cc(I)c(OCc3cccc4ccccc34)c(OC)c2)cc1. The zero-order chi connectivity index (χ0) is 25.3. The lowest BCUT2D eigenvalue weighted by atomic mass is 10.1. The Morgan fingerprint density at radius 2 is 1.78 bits per heavy atom. The highest BCUT2D eigenvalue weighted by molar-refractivity contribution is 14.1. The highest BCUT2D eigenvalue weighted by atomic mass is 127. The average molecular weight is 594 g/mol. The second-order valence-electron chi connectivity index (χ2n) is 8.03. The number of rotatable bonds is 10. The fourth-order valence-corrected chi connectivity index (χ4v) is 4.46. The van der Waals surface area contributed by atoms with E-state index < -0.39 is 0 Å². The molecule has 7 heteroatoms. The minimum absolute atomic E-state index is 0.301. The van der Waals surface area contributed by atoms with Gasteiger partial charge >= 0.3 is 0 Å². The van der Waals surface area contributed by atoms with Crippen LogP contribution in [-0.2, 0) is 6.61 Å². The number of methoxy groups -OCH3 is 1. The summed E-state index contributed by atoms with van der Waals surface area (Å²) in [4.78, 5) is 12.4. The second kappa shape index (κ2) is 12.4. The molecule has 1 amide bonds. The molecule has 0 aliphatic carbocycles. The monoisotopic (exact) mass is 594 g/mol. The van der Waals surface area contributed by atoms with Crippen LogP contribution < -0.4 is 19.6 Å². The van der Waals surface area contributed by atoms with Crippen molar-refractivity contribution < 1.29 is 19.0 Å². The van der Waals surface area contributed by atoms with Crippen LogP contribution in [0.1, 0.15) is 34.8 Å². The lowest BCUT2D eigenvalue weighted by Gasteiger charge is -2.14. The zero-order valence-electron chi connectivity index (χ0n) is 20.2. The number of ether oxygens (including phenoxy) is 3. The van der Waals surface area contributed by atoms with E-state index in [1.807, 2.05) is 37.3 Å². The van der Waals surface area contributed by atoms with Crippen molar-refractivity contribution >= 4 is 45.5 Å². The van der Waals surface area contributed by atoms with Gasteiger partial charge in [-0.15, -0.1) is 0 Å². The Bertz CT molecular complexity index is 1360. The molecule has 0 heterocycles. The Hall–Kier alpha value is -3.59. The largest absolute Gasteiger partial charge is 0.494 e. The van der Waals surface area contributed by atoms with Crippen molar-refractivity contribution in [3.63, 3.8) is 0 Å². The minimum atomic E-state index is -0.301. The van der Waals surface area contributed by atoms with E-state index in [4.69, 9.17) is 14.2 Å². The molecular weight excluding hydrogens is 567 g/mol. The lowest BCUT2D eigenvalue weighted by Crippen LogP contribution is -2.17. The predicted octanol–water partition coefficient (Wildman–Crippen LogP) is 6.58. The van der Waals surface area contributed by atoms with E-state index in [0.29, 0.717) is 30.3 Å². The molecule has 4 aromatic rings. The van der Waals surface area contributed by atoms with E-state index in [9.17, 15) is 4.79 Å². The van der Waals surface area contributed by atoms with Crippen LogP contribution in [0.3, 0.4) is 0 Å². The summed E-state index contributed by atoms with van der Waals surface area (Å²) in [5, 5.41) is 6.45. The molecule has 0 aliphatic rings. The number of hydrazone groups is 1. The number of amides is 1. The maximum absolute atomic E-state index is 12.4. The van der Waals surface area contributed by atoms with Crippen LogP contribution in [0.2, 0.25) is 0 Å². The number of nitrogens with zero attached hydrogens (tertiary/aromatic N) is 1. The van der Waals surface area contributed by atoms with Gasteiger partial charge in [-0.25, -0.2) is 5.43 Å². The van der Waals surface area contributed by atoms with Gasteiger partial charge in [0.25, 0.3) is 5.91 Å². The topological polar surface area (TPSA) is 69.2 Å². The molecule has 0 radical (unpaired) electrons. The van der Waals surface area contributed by atoms with Gasteiger partial charge in [0, 0.05) is 5.56 Å². The number of hydrogen-bond donors (Lipinski definition) is 1. The molecule has 36 heavy (non-hydrogen) atoms. The standard InChI is InChI=1S/C29H27IN2O4/c1-3-15-35-24-13-11-22(12-14-24)29(33)32-31-18-20-16-26(30)28(27(17-20)34-2)36-19-23-9-6-8-21-7-4-5-10-25(21)23/h4-14,16-18H,3,15,19H2,1-2H3,(H,32,33)/b31-18-. The lowest BCUT2D eigenvalue weighted by molar-refractivity contribution is 0.0955. The molecule has 6 nitrogen and oxygen atoms in total. The first-order valence-corrected chi connectivity index (χ1v) is 12.7. The van der Waals surface area contributed by atoms with E-state index in [2.05, 4.69) is 57.4 Å². The van der Waals surface area contributed by atoms with E-state index in [-0.39, 0.29) is 5.91 Å². The van der Waals surface area contributed by atoms with Crippen molar-refractivity contribution in [3.05, 3.63) is 99.1 Å². The van der Waals surface area contributed by atoms with Crippen LogP contribution in [0.15, 0.2) is 84.0 Å². The van der Waals surface area contributed by atoms with Crippen LogP contribution in [0.5, 0.6) is 17.2 Å². The third-order valence-corrected chi connectivity index (χ3v) is 6.27. The fourth-order valence-electron chi connectivity index (χ4n) is 3.68. The maximum atomic E-state index is 12.4. The molecular formula is C29H27IN2O4. The first-order valence-electron chi connectivity index (χ1n) is 11.6. The van der Waals surface area contributed by atoms with Crippen LogP contribution in [0.25, 0.3) is 10.8 Å². The molecule has 0 bridgehead atoms. The summed E-state index contributed by atoms with van der Waals surface area (Å²) >= 11 is 2.22. The van der Waals surface area contributed by atoms with Crippen molar-refractivity contribution in [1.82, 2.24) is 5.43 Å². The smallest absolute Gasteiger partial charge is 0.271 e. The van der Waals surface area contributed by atoms with Crippen LogP contribution in [-0.4, -0.2) is 25.8 Å². The van der Waals surface area contributed by atoms with Gasteiger partial charge in [0.15, 0.2) is 11.5 Å². The highest BCUT2D eigenvalue weighted by Gasteiger charge is 2.13. The Kier molecular flexibility index (Phi) is 8.78. The highest BCUT2D eigenvalue weighted by Crippen LogP contribution is 2.34. The number of fused-ring (bicyclic) bond motifs is 1. The van der Waals surface area contributed by atoms with Gasteiger partial charge < -0.3 is 14.2 Å². The first-order chi connectivity index (χ1) is 17.6. The Morgan fingerprint density at radius 3 is 2.56 bits per heavy atom. The van der Waals surface area contributed by atoms with E-state index in [0.717, 1.165) is 32.3 Å². The number of halogens is 1. The third kappa shape index (κ3) is 6.34. The molecule has 0 unspecified atom stereocenters. The molecule has 184 valence electrons. The van der Waals surface area contributed by atoms with E-state index in [1.165, 1.54) is 5.39 Å². The van der Waals surface area contributed by atoms with Crippen LogP contribution in [0, 0.1) is 3.57 Å². The second-order valence-corrected chi connectivity index (χ2v) is 9.20. The third-order valence-electron chi connectivity index (χ3n) is 5.47. The number of carbonyl (C=O) groups excluding carboxylic acids is 1. The number of nitrogens with one attached hydrogen (secondary N) is 1. The summed E-state index contributed by atoms with van der Waals surface area (Å²) in [6.45, 7) is 3.11. The van der Waals surface area contributed by atoms with E-state index in [1.54, 1.807) is 37.6 Å². The zero-order valence-corrected chi connectivity index (χ0v) is 22.3. The van der Waals surface area contributed by atoms with Gasteiger partial charge in [0.2, 0.25) is 0 Å². The van der Waals surface area contributed by atoms with Gasteiger partial charge in [-0.05, 0) is 87.3 Å². The predicted molar refractivity (Wildman–Crippen MR) is 151 cm³/mol. The molecule has 0 aliphatic heterocycles. The Morgan fingerprint density at radius 1 is 1.00 bits per heavy atom. The van der Waals surface area contributed by atoms with Gasteiger partial charge in [-0.2, -0.15) is 5.10 Å². The molecule has 4 aromatic carbocycles. The van der Waals surface area contributed by atoms with Crippen molar-refractivity contribution in [2.24, 2.45) is 5.10 Å². The van der Waals surface area contributed by atoms with Crippen molar-refractivity contribution in [2.45, 2.75) is 20.0 Å². The minimum Gasteiger partial charge on any atom is -0.494 e. The summed E-state index contributed by atoms with van der Waals surface area (Å²) < 4.78 is 18.2. The summed E-state index contributed by atoms with van der Waals surface area (Å²) in [5.41, 5.74) is 4.94. The van der Waals surface area contributed by atoms with Gasteiger partial charge in [-0.3, -0.25) is 4.79 Å². The molecule has 0 aromatic heterocycles. The van der Waals surface area contributed by atoms with Crippen LogP contribution >= 0.6 is 22.6 Å². The first kappa shape index (κ1) is 25.5. The van der Waals surface area contributed by atoms with Gasteiger partial charge in [-0.1, -0.05) is 49.4 Å². The average Bonchev–Trinajstić information content (AvgIpc) is 2.91. The summed E-state index contributed by atoms with van der Waals surface area (Å²) in [5.74, 6) is 1.70. The molecule has 0 saturated heterocycles. The number of benzene rings is 4. The van der Waals surface area contributed by atoms with Crippen LogP contribution in [0.4, 0.5) is 0 Å². The summed E-state index contributed by atoms with van der Waals surface area (Å²) in [6, 6.07) is 25.2. The van der Waals surface area contributed by atoms with Crippen molar-refractivity contribution in [3.8, 4) is 17.2 Å². The summed E-state index contributed by atoms with van der Waals surface area (Å²) in [6.07, 6.45) is 2.51. The van der Waals surface area contributed by atoms with E-state index >= 15 is 0 Å². The summed E-state index contributed by atoms with van der Waals surface area (Å²) in [7, 11) is 1.60. The normalized spacial score (nSPS) is 11.0. The molecule has 0 spiro atoms. The van der Waals surface area contributed by atoms with Crippen molar-refractivity contribution in [2.75, 3.05) is 13.7 Å². The number of carbonyl (C=O) groups is 1. The molecule has 4 rings (SSSR count). The Balaban J connectivity index is 1.42. The maximum Gasteiger partial charge on any atom is 0.271 e. The molecule has 0 atom stereocenters.